The van der Waals surface area contributed by atoms with Gasteiger partial charge in [0.1, 0.15) is 5.52 Å². The summed E-state index contributed by atoms with van der Waals surface area (Å²) in [6.07, 6.45) is 1.52. The Hall–Kier alpha value is -0.390. The monoisotopic (exact) mass is 445 g/mol. The number of hydrogen-bond donors (Lipinski definition) is 1. The Morgan fingerprint density at radius 1 is 1.44 bits per heavy atom. The van der Waals surface area contributed by atoms with E-state index < -0.39 is 21.1 Å². The summed E-state index contributed by atoms with van der Waals surface area (Å²) in [6.45, 7) is 0. The third-order valence-corrected chi connectivity index (χ3v) is 3.58. The molecule has 1 heterocycles. The van der Waals surface area contributed by atoms with Crippen LogP contribution in [-0.2, 0) is 0 Å². The molecule has 0 atom stereocenters. The summed E-state index contributed by atoms with van der Waals surface area (Å²) in [5, 5.41) is 10.2. The van der Waals surface area contributed by atoms with Gasteiger partial charge in [-0.2, -0.15) is 0 Å². The van der Waals surface area contributed by atoms with Crippen molar-refractivity contribution >= 4 is 33.5 Å². The molecular weight excluding hydrogens is 440 g/mol. The van der Waals surface area contributed by atoms with Gasteiger partial charge < -0.3 is 12.0 Å². The molecule has 2 rings (SSSR count). The van der Waals surface area contributed by atoms with Crippen LogP contribution in [0, 0.1) is 3.57 Å². The smallest absolute Gasteiger partial charge is 0.505 e. The molecule has 84 valence electrons. The fourth-order valence-electron chi connectivity index (χ4n) is 1.30. The molecule has 7 heteroatoms. The molecule has 0 aliphatic carbocycles. The molecule has 0 amide bonds. The van der Waals surface area contributed by atoms with E-state index >= 15 is 0 Å². The van der Waals surface area contributed by atoms with Gasteiger partial charge in [-0.05, 0) is 34.7 Å². The molecule has 0 aliphatic rings. The summed E-state index contributed by atoms with van der Waals surface area (Å²) in [5.41, 5.74) is 0.335. The van der Waals surface area contributed by atoms with E-state index in [0.717, 1.165) is 0 Å². The summed E-state index contributed by atoms with van der Waals surface area (Å²) >= 11 is -1.93. The van der Waals surface area contributed by atoms with Crippen LogP contribution in [0.5, 0.6) is 11.5 Å². The minimum Gasteiger partial charge on any atom is -0.505 e. The maximum absolute atomic E-state index is 10.6. The van der Waals surface area contributed by atoms with E-state index in [4.69, 9.17) is 3.07 Å². The Bertz CT molecular complexity index is 532. The lowest BCUT2D eigenvalue weighted by atomic mass is 10.2. The van der Waals surface area contributed by atoms with Crippen molar-refractivity contribution in [3.8, 4) is 11.5 Å². The van der Waals surface area contributed by atoms with Crippen molar-refractivity contribution in [3.05, 3.63) is 28.0 Å². The number of phenolic OH excluding ortho intramolecular Hbond substituents is 1. The predicted octanol–water partition coefficient (Wildman–Crippen LogP) is -2.99. The molecule has 1 aromatic carbocycles. The van der Waals surface area contributed by atoms with Crippen LogP contribution in [0.15, 0.2) is 24.4 Å². The molecule has 1 aromatic heterocycles. The highest BCUT2D eigenvalue weighted by molar-refractivity contribution is 14.1. The molecule has 0 radical (unpaired) electrons. The zero-order valence-electron chi connectivity index (χ0n) is 7.68. The topological polar surface area (TPSA) is 88.5 Å². The van der Waals surface area contributed by atoms with Crippen molar-refractivity contribution < 1.29 is 36.1 Å². The van der Waals surface area contributed by atoms with Gasteiger partial charge in [0.15, 0.2) is 5.75 Å². The number of hydrogen-bond acceptors (Lipinski definition) is 5. The first-order valence-electron chi connectivity index (χ1n) is 4.09. The molecule has 1 N–H and O–H groups in total. The van der Waals surface area contributed by atoms with Crippen molar-refractivity contribution in [2.75, 3.05) is 0 Å². The lowest BCUT2D eigenvalue weighted by molar-refractivity contribution is -1.62. The van der Waals surface area contributed by atoms with Gasteiger partial charge in [0, 0.05) is 12.3 Å². The number of benzene rings is 1. The first-order chi connectivity index (χ1) is 7.59. The molecule has 5 nitrogen and oxygen atoms in total. The van der Waals surface area contributed by atoms with E-state index in [9.17, 15) is 12.0 Å². The first-order valence-corrected chi connectivity index (χ1v) is 7.82. The third-order valence-electron chi connectivity index (χ3n) is 1.93. The van der Waals surface area contributed by atoms with Gasteiger partial charge >= 0.3 is 21.1 Å². The zero-order chi connectivity index (χ0) is 11.7. The number of halogens is 2. The minimum absolute atomic E-state index is 0.0284. The highest BCUT2D eigenvalue weighted by Gasteiger charge is 2.20. The highest BCUT2D eigenvalue weighted by atomic mass is 127. The van der Waals surface area contributed by atoms with Crippen LogP contribution in [0.1, 0.15) is 0 Å². The van der Waals surface area contributed by atoms with Gasteiger partial charge in [0.2, 0.25) is 5.75 Å². The molecule has 0 aliphatic heterocycles. The van der Waals surface area contributed by atoms with Gasteiger partial charge in [-0.3, -0.25) is 4.98 Å². The quantitative estimate of drug-likeness (QED) is 0.499. The first kappa shape index (κ1) is 12.1. The van der Waals surface area contributed by atoms with Crippen LogP contribution in [0.4, 0.5) is 0 Å². The number of pyridine rings is 1. The van der Waals surface area contributed by atoms with Gasteiger partial charge in [-0.15, -0.1) is 3.07 Å². The number of aromatic hydroxyl groups is 1. The fraction of sp³-hybridized carbons (Fsp3) is 0. The number of fused-ring (bicyclic) bond motifs is 1. The van der Waals surface area contributed by atoms with Gasteiger partial charge in [-0.1, -0.05) is 0 Å². The fourth-order valence-corrected chi connectivity index (χ4v) is 2.59. The molecule has 0 spiro atoms. The van der Waals surface area contributed by atoms with Crippen molar-refractivity contribution in [1.29, 1.82) is 0 Å². The maximum atomic E-state index is 10.6. The molecule has 0 fully saturated rings. The summed E-state index contributed by atoms with van der Waals surface area (Å²) in [7, 11) is 0. The van der Waals surface area contributed by atoms with Crippen molar-refractivity contribution in [2.24, 2.45) is 0 Å². The second kappa shape index (κ2) is 4.85. The van der Waals surface area contributed by atoms with Crippen molar-refractivity contribution in [2.45, 2.75) is 0 Å². The number of phenols is 1. The van der Waals surface area contributed by atoms with Crippen LogP contribution < -0.4 is 31.0 Å². The molecule has 0 saturated heterocycles. The largest absolute Gasteiger partial charge is 0.570 e. The Morgan fingerprint density at radius 3 is 2.88 bits per heavy atom. The van der Waals surface area contributed by atoms with E-state index in [0.29, 0.717) is 14.5 Å². The van der Waals surface area contributed by atoms with Crippen LogP contribution >= 0.6 is 22.6 Å². The summed E-state index contributed by atoms with van der Waals surface area (Å²) < 4.78 is 26.5. The van der Waals surface area contributed by atoms with Crippen LogP contribution in [0.2, 0.25) is 0 Å². The standard InChI is InChI=1S/C9H5I2NO4/c10-6-4-7(16-11(14)15)5-2-1-3-12-8(5)9(6)13/h1-4,13H. The van der Waals surface area contributed by atoms with Crippen LogP contribution in [0.3, 0.4) is 0 Å². The SMILES string of the molecule is [O-][I+2]([O-])Oc1cc(I)c(O)c2ncccc12. The Kier molecular flexibility index (Phi) is 3.66. The molecule has 0 unspecified atom stereocenters. The second-order valence-corrected chi connectivity index (χ2v) is 5.55. The molecule has 0 saturated carbocycles. The highest BCUT2D eigenvalue weighted by Crippen LogP contribution is 2.34. The summed E-state index contributed by atoms with van der Waals surface area (Å²) in [4.78, 5) is 3.99. The Morgan fingerprint density at radius 2 is 2.19 bits per heavy atom. The molecular formula is C9H5I2NO4. The lowest BCUT2D eigenvalue weighted by Crippen LogP contribution is -4.00. The lowest BCUT2D eigenvalue weighted by Gasteiger charge is -2.04. The Labute approximate surface area is 113 Å². The third kappa shape index (κ3) is 2.31. The van der Waals surface area contributed by atoms with E-state index in [1.807, 2.05) is 22.6 Å². The van der Waals surface area contributed by atoms with E-state index in [2.05, 4.69) is 4.98 Å². The van der Waals surface area contributed by atoms with E-state index in [1.54, 1.807) is 12.1 Å². The van der Waals surface area contributed by atoms with Gasteiger partial charge in [0.25, 0.3) is 0 Å². The van der Waals surface area contributed by atoms with Crippen LogP contribution in [0.25, 0.3) is 10.9 Å². The normalized spacial score (nSPS) is 11.0. The number of aromatic nitrogens is 1. The number of nitrogens with zero attached hydrogens (tertiary/aromatic N) is 1. The van der Waals surface area contributed by atoms with Crippen molar-refractivity contribution in [1.82, 2.24) is 4.98 Å². The number of rotatable bonds is 2. The molecule has 0 bridgehead atoms. The van der Waals surface area contributed by atoms with Crippen LogP contribution in [-0.4, -0.2) is 10.1 Å². The van der Waals surface area contributed by atoms with E-state index in [-0.39, 0.29) is 11.5 Å². The predicted molar refractivity (Wildman–Crippen MR) is 56.8 cm³/mol. The second-order valence-electron chi connectivity index (χ2n) is 2.87. The Balaban J connectivity index is 2.69. The van der Waals surface area contributed by atoms with Gasteiger partial charge in [0.05, 0.1) is 8.96 Å². The average molecular weight is 445 g/mol. The summed E-state index contributed by atoms with van der Waals surface area (Å²) in [5.74, 6) is 0.237. The molecule has 2 aromatic rings. The van der Waals surface area contributed by atoms with Gasteiger partial charge in [-0.25, -0.2) is 0 Å². The molecule has 16 heavy (non-hydrogen) atoms. The summed E-state index contributed by atoms with van der Waals surface area (Å²) in [6, 6.07) is 4.77. The minimum atomic E-state index is -3.81. The average Bonchev–Trinajstić information content (AvgIpc) is 2.25. The zero-order valence-corrected chi connectivity index (χ0v) is 12.0. The van der Waals surface area contributed by atoms with Crippen molar-refractivity contribution in [3.63, 3.8) is 0 Å². The maximum Gasteiger partial charge on any atom is 0.570 e. The van der Waals surface area contributed by atoms with E-state index in [1.165, 1.54) is 12.3 Å².